The van der Waals surface area contributed by atoms with Crippen LogP contribution in [0.15, 0.2) is 24.3 Å². The minimum absolute atomic E-state index is 0.161. The Kier molecular flexibility index (Phi) is 5.48. The number of benzene rings is 1. The Morgan fingerprint density at radius 1 is 1.50 bits per heavy atom. The van der Waals surface area contributed by atoms with Gasteiger partial charge in [-0.25, -0.2) is 4.68 Å². The lowest BCUT2D eigenvalue weighted by Gasteiger charge is -2.09. The number of rotatable bonds is 6. The average molecular weight is 348 g/mol. The van der Waals surface area contributed by atoms with E-state index in [9.17, 15) is 4.79 Å². The van der Waals surface area contributed by atoms with Gasteiger partial charge < -0.3 is 10.6 Å². The summed E-state index contributed by atoms with van der Waals surface area (Å²) in [6, 6.07) is 7.37. The van der Waals surface area contributed by atoms with Crippen LogP contribution in [0.25, 0.3) is 5.69 Å². The van der Waals surface area contributed by atoms with Crippen molar-refractivity contribution in [3.63, 3.8) is 0 Å². The molecule has 1 aliphatic heterocycles. The summed E-state index contributed by atoms with van der Waals surface area (Å²) >= 11 is 6.04. The summed E-state index contributed by atoms with van der Waals surface area (Å²) in [4.78, 5) is 12.4. The van der Waals surface area contributed by atoms with Crippen molar-refractivity contribution >= 4 is 17.5 Å². The SMILES string of the molecule is CCc1c(C(=O)NCCC2CCNC2)nnn1-c1cccc(Cl)c1. The third kappa shape index (κ3) is 3.76. The molecule has 1 aromatic carbocycles. The largest absolute Gasteiger partial charge is 0.351 e. The number of carbonyl (C=O) groups excluding carboxylic acids is 1. The zero-order valence-corrected chi connectivity index (χ0v) is 14.5. The van der Waals surface area contributed by atoms with Gasteiger partial charge in [-0.2, -0.15) is 0 Å². The quantitative estimate of drug-likeness (QED) is 0.840. The fraction of sp³-hybridized carbons (Fsp3) is 0.471. The first-order valence-corrected chi connectivity index (χ1v) is 8.76. The third-order valence-corrected chi connectivity index (χ3v) is 4.60. The van der Waals surface area contributed by atoms with Gasteiger partial charge in [-0.3, -0.25) is 4.79 Å². The van der Waals surface area contributed by atoms with Crippen LogP contribution >= 0.6 is 11.6 Å². The lowest BCUT2D eigenvalue weighted by Crippen LogP contribution is -2.27. The Morgan fingerprint density at radius 2 is 2.38 bits per heavy atom. The molecule has 1 atom stereocenters. The smallest absolute Gasteiger partial charge is 0.273 e. The lowest BCUT2D eigenvalue weighted by molar-refractivity contribution is 0.0945. The molecular weight excluding hydrogens is 326 g/mol. The van der Waals surface area contributed by atoms with Gasteiger partial charge in [0.15, 0.2) is 5.69 Å². The lowest BCUT2D eigenvalue weighted by atomic mass is 10.1. The number of aromatic nitrogens is 3. The van der Waals surface area contributed by atoms with Crippen molar-refractivity contribution < 1.29 is 4.79 Å². The van der Waals surface area contributed by atoms with E-state index in [1.54, 1.807) is 10.7 Å². The maximum absolute atomic E-state index is 12.4. The normalized spacial score (nSPS) is 17.2. The first-order valence-electron chi connectivity index (χ1n) is 8.38. The van der Waals surface area contributed by atoms with Crippen molar-refractivity contribution in [2.24, 2.45) is 5.92 Å². The van der Waals surface area contributed by atoms with Gasteiger partial charge >= 0.3 is 0 Å². The fourth-order valence-electron chi connectivity index (χ4n) is 3.04. The zero-order valence-electron chi connectivity index (χ0n) is 13.8. The maximum Gasteiger partial charge on any atom is 0.273 e. The second-order valence-corrected chi connectivity index (χ2v) is 6.47. The molecule has 0 bridgehead atoms. The van der Waals surface area contributed by atoms with Crippen molar-refractivity contribution in [1.29, 1.82) is 0 Å². The molecule has 1 fully saturated rings. The molecule has 0 aliphatic carbocycles. The molecule has 1 saturated heterocycles. The number of nitrogens with one attached hydrogen (secondary N) is 2. The van der Waals surface area contributed by atoms with E-state index in [0.29, 0.717) is 29.6 Å². The van der Waals surface area contributed by atoms with Crippen LogP contribution in [0.4, 0.5) is 0 Å². The molecule has 3 rings (SSSR count). The molecule has 2 heterocycles. The van der Waals surface area contributed by atoms with Crippen LogP contribution in [-0.2, 0) is 6.42 Å². The Balaban J connectivity index is 1.70. The fourth-order valence-corrected chi connectivity index (χ4v) is 3.23. The van der Waals surface area contributed by atoms with E-state index in [4.69, 9.17) is 11.6 Å². The van der Waals surface area contributed by atoms with Crippen molar-refractivity contribution in [2.75, 3.05) is 19.6 Å². The van der Waals surface area contributed by atoms with Crippen molar-refractivity contribution in [3.8, 4) is 5.69 Å². The zero-order chi connectivity index (χ0) is 16.9. The topological polar surface area (TPSA) is 71.8 Å². The molecule has 2 N–H and O–H groups in total. The van der Waals surface area contributed by atoms with Gasteiger partial charge in [0, 0.05) is 11.6 Å². The summed E-state index contributed by atoms with van der Waals surface area (Å²) in [5.41, 5.74) is 1.99. The van der Waals surface area contributed by atoms with Crippen molar-refractivity contribution in [1.82, 2.24) is 25.6 Å². The second-order valence-electron chi connectivity index (χ2n) is 6.03. The molecular formula is C17H22ClN5O. The second kappa shape index (κ2) is 7.77. The number of hydrogen-bond donors (Lipinski definition) is 2. The Hall–Kier alpha value is -1.92. The first-order chi connectivity index (χ1) is 11.7. The third-order valence-electron chi connectivity index (χ3n) is 4.37. The predicted molar refractivity (Wildman–Crippen MR) is 93.7 cm³/mol. The summed E-state index contributed by atoms with van der Waals surface area (Å²) < 4.78 is 1.68. The molecule has 0 radical (unpaired) electrons. The Bertz CT molecular complexity index is 709. The average Bonchev–Trinajstić information content (AvgIpc) is 3.23. The molecule has 24 heavy (non-hydrogen) atoms. The highest BCUT2D eigenvalue weighted by atomic mass is 35.5. The van der Waals surface area contributed by atoms with Gasteiger partial charge in [0.25, 0.3) is 5.91 Å². The number of carbonyl (C=O) groups is 1. The van der Waals surface area contributed by atoms with E-state index < -0.39 is 0 Å². The van der Waals surface area contributed by atoms with Gasteiger partial charge in [0.1, 0.15) is 0 Å². The number of halogens is 1. The Morgan fingerprint density at radius 3 is 3.08 bits per heavy atom. The van der Waals surface area contributed by atoms with Crippen LogP contribution in [0.3, 0.4) is 0 Å². The molecule has 2 aromatic rings. The maximum atomic E-state index is 12.4. The van der Waals surface area contributed by atoms with Crippen LogP contribution in [-0.4, -0.2) is 40.5 Å². The van der Waals surface area contributed by atoms with E-state index in [2.05, 4.69) is 20.9 Å². The molecule has 1 aromatic heterocycles. The molecule has 1 amide bonds. The molecule has 1 unspecified atom stereocenters. The molecule has 0 spiro atoms. The summed E-state index contributed by atoms with van der Waals surface area (Å²) in [5.74, 6) is 0.490. The van der Waals surface area contributed by atoms with Crippen LogP contribution < -0.4 is 10.6 Å². The van der Waals surface area contributed by atoms with Crippen molar-refractivity contribution in [3.05, 3.63) is 40.7 Å². The molecule has 6 nitrogen and oxygen atoms in total. The van der Waals surface area contributed by atoms with E-state index >= 15 is 0 Å². The summed E-state index contributed by atoms with van der Waals surface area (Å²) in [7, 11) is 0. The van der Waals surface area contributed by atoms with Gasteiger partial charge in [-0.1, -0.05) is 29.8 Å². The van der Waals surface area contributed by atoms with Crippen LogP contribution in [0, 0.1) is 5.92 Å². The summed E-state index contributed by atoms with van der Waals surface area (Å²) in [5, 5.41) is 15.2. The van der Waals surface area contributed by atoms with Gasteiger partial charge in [-0.15, -0.1) is 5.10 Å². The molecule has 0 saturated carbocycles. The number of amides is 1. The van der Waals surface area contributed by atoms with E-state index in [0.717, 1.165) is 30.9 Å². The van der Waals surface area contributed by atoms with E-state index in [-0.39, 0.29) is 5.91 Å². The monoisotopic (exact) mass is 347 g/mol. The van der Waals surface area contributed by atoms with E-state index in [1.807, 2.05) is 25.1 Å². The number of hydrogen-bond acceptors (Lipinski definition) is 4. The number of nitrogens with zero attached hydrogens (tertiary/aromatic N) is 3. The summed E-state index contributed by atoms with van der Waals surface area (Å²) in [6.07, 6.45) is 2.83. The summed E-state index contributed by atoms with van der Waals surface area (Å²) in [6.45, 7) is 4.77. The molecule has 128 valence electrons. The van der Waals surface area contributed by atoms with Crippen LogP contribution in [0.5, 0.6) is 0 Å². The highest BCUT2D eigenvalue weighted by Gasteiger charge is 2.20. The molecule has 7 heteroatoms. The standard InChI is InChI=1S/C17H22ClN5O/c1-2-15-16(17(24)20-9-7-12-6-8-19-11-12)21-22-23(15)14-5-3-4-13(18)10-14/h3-5,10,12,19H,2,6-9,11H2,1H3,(H,20,24). The minimum atomic E-state index is -0.161. The van der Waals surface area contributed by atoms with Gasteiger partial charge in [0.05, 0.1) is 11.4 Å². The highest BCUT2D eigenvalue weighted by molar-refractivity contribution is 6.30. The highest BCUT2D eigenvalue weighted by Crippen LogP contribution is 2.18. The minimum Gasteiger partial charge on any atom is -0.351 e. The van der Waals surface area contributed by atoms with Crippen LogP contribution in [0.1, 0.15) is 35.9 Å². The van der Waals surface area contributed by atoms with Gasteiger partial charge in [-0.05, 0) is 56.5 Å². The predicted octanol–water partition coefficient (Wildman–Crippen LogP) is 2.21. The van der Waals surface area contributed by atoms with Crippen LogP contribution in [0.2, 0.25) is 5.02 Å². The van der Waals surface area contributed by atoms with E-state index in [1.165, 1.54) is 6.42 Å². The Labute approximate surface area is 146 Å². The molecule has 1 aliphatic rings. The van der Waals surface area contributed by atoms with Crippen molar-refractivity contribution in [2.45, 2.75) is 26.2 Å². The van der Waals surface area contributed by atoms with Gasteiger partial charge in [0.2, 0.25) is 0 Å². The first kappa shape index (κ1) is 16.9.